The van der Waals surface area contributed by atoms with E-state index < -0.39 is 0 Å². The van der Waals surface area contributed by atoms with Gasteiger partial charge in [-0.15, -0.1) is 10.9 Å². The second-order valence-corrected chi connectivity index (χ2v) is 13.6. The smallest absolute Gasteiger partial charge is 0.308 e. The molecule has 0 spiro atoms. The summed E-state index contributed by atoms with van der Waals surface area (Å²) < 4.78 is 11.5. The van der Waals surface area contributed by atoms with Crippen molar-refractivity contribution < 1.29 is 19.1 Å². The second kappa shape index (κ2) is 15.3. The molecule has 2 aliphatic rings. The lowest BCUT2D eigenvalue weighted by atomic mass is 9.62. The van der Waals surface area contributed by atoms with Gasteiger partial charge in [0.2, 0.25) is 14.6 Å². The lowest BCUT2D eigenvalue weighted by Gasteiger charge is -2.28. The molecule has 0 aromatic carbocycles. The molecule has 0 N–H and O–H groups in total. The molecule has 0 aliphatic carbocycles. The Labute approximate surface area is 247 Å². The Morgan fingerprint density at radius 1 is 0.675 bits per heavy atom. The summed E-state index contributed by atoms with van der Waals surface area (Å²) in [6.07, 6.45) is 16.5. The van der Waals surface area contributed by atoms with Crippen molar-refractivity contribution in [1.29, 1.82) is 0 Å². The number of carbonyl (C=O) groups excluding carboxylic acids is 2. The normalized spacial score (nSPS) is 25.2. The zero-order chi connectivity index (χ0) is 30.1. The lowest BCUT2D eigenvalue weighted by molar-refractivity contribution is -0.144. The van der Waals surface area contributed by atoms with Gasteiger partial charge < -0.3 is 9.47 Å². The summed E-state index contributed by atoms with van der Waals surface area (Å²) in [5, 5.41) is 0. The standard InChI is InChI=1S/C34H56B2O4/c1-11-33(9,12-2)21-27-19-29(39-31(27)37)35-25(7)17-15-23(5)24(6)16-18-26(8)36-30-20-28(32(38)40-30)22-34(10,13-3)14-4/h15-18,27-30,35-36H,11-14,19-22H2,1-10H3/b23-15+,24-16+,25-17+,26-18+. The summed E-state index contributed by atoms with van der Waals surface area (Å²) in [7, 11) is 1.58. The van der Waals surface area contributed by atoms with E-state index in [-0.39, 0.29) is 46.6 Å². The number of carbonyl (C=O) groups is 2. The highest BCUT2D eigenvalue weighted by molar-refractivity contribution is 6.47. The number of hydrogen-bond acceptors (Lipinski definition) is 4. The molecular weight excluding hydrogens is 494 g/mol. The van der Waals surface area contributed by atoms with E-state index in [0.29, 0.717) is 0 Å². The Morgan fingerprint density at radius 2 is 1.00 bits per heavy atom. The molecule has 2 rings (SSSR count). The highest BCUT2D eigenvalue weighted by atomic mass is 16.6. The third-order valence-corrected chi connectivity index (χ3v) is 10.2. The highest BCUT2D eigenvalue weighted by Crippen LogP contribution is 2.39. The molecule has 6 heteroatoms. The number of rotatable bonds is 15. The summed E-state index contributed by atoms with van der Waals surface area (Å²) in [5.74, 6) is 0.0436. The molecule has 0 saturated carbocycles. The molecule has 0 bridgehead atoms. The minimum atomic E-state index is -0.0122. The Hall–Kier alpha value is -1.97. The van der Waals surface area contributed by atoms with Crippen LogP contribution in [0.25, 0.3) is 0 Å². The minimum absolute atomic E-state index is 0.00961. The predicted molar refractivity (Wildman–Crippen MR) is 172 cm³/mol. The van der Waals surface area contributed by atoms with Gasteiger partial charge in [-0.3, -0.25) is 9.59 Å². The number of allylic oxidation sites excluding steroid dienone is 8. The van der Waals surface area contributed by atoms with Gasteiger partial charge in [0.1, 0.15) is 0 Å². The molecule has 2 heterocycles. The summed E-state index contributed by atoms with van der Waals surface area (Å²) in [6.45, 7) is 21.9. The summed E-state index contributed by atoms with van der Waals surface area (Å²) in [5.41, 5.74) is 5.30. The lowest BCUT2D eigenvalue weighted by Crippen LogP contribution is -2.21. The van der Waals surface area contributed by atoms with Crippen molar-refractivity contribution >= 4 is 26.5 Å². The average Bonchev–Trinajstić information content (AvgIpc) is 3.44. The predicted octanol–water partition coefficient (Wildman–Crippen LogP) is 7.77. The molecule has 2 fully saturated rings. The minimum Gasteiger partial charge on any atom is -0.471 e. The molecule has 0 amide bonds. The molecule has 4 atom stereocenters. The molecule has 2 saturated heterocycles. The van der Waals surface area contributed by atoms with Crippen LogP contribution < -0.4 is 0 Å². The Bertz CT molecular complexity index is 917. The van der Waals surface area contributed by atoms with Crippen LogP contribution in [0, 0.1) is 22.7 Å². The first-order valence-electron chi connectivity index (χ1n) is 15.9. The van der Waals surface area contributed by atoms with Gasteiger partial charge in [-0.1, -0.05) is 105 Å². The topological polar surface area (TPSA) is 52.6 Å². The monoisotopic (exact) mass is 550 g/mol. The summed E-state index contributed by atoms with van der Waals surface area (Å²) in [4.78, 5) is 25.0. The first kappa shape index (κ1) is 34.2. The molecular formula is C34H56B2O4. The second-order valence-electron chi connectivity index (χ2n) is 13.6. The van der Waals surface area contributed by atoms with Gasteiger partial charge in [0.05, 0.1) is 23.8 Å². The van der Waals surface area contributed by atoms with E-state index >= 15 is 0 Å². The van der Waals surface area contributed by atoms with E-state index in [1.165, 1.54) is 22.1 Å². The van der Waals surface area contributed by atoms with Crippen molar-refractivity contribution in [1.82, 2.24) is 0 Å². The van der Waals surface area contributed by atoms with E-state index in [1.807, 2.05) is 0 Å². The van der Waals surface area contributed by atoms with Crippen LogP contribution in [0.3, 0.4) is 0 Å². The maximum Gasteiger partial charge on any atom is 0.308 e. The quantitative estimate of drug-likeness (QED) is 0.119. The third-order valence-electron chi connectivity index (χ3n) is 10.2. The first-order chi connectivity index (χ1) is 18.8. The molecule has 0 aromatic rings. The van der Waals surface area contributed by atoms with Crippen molar-refractivity contribution in [3.63, 3.8) is 0 Å². The number of esters is 2. The van der Waals surface area contributed by atoms with Gasteiger partial charge in [0, 0.05) is 0 Å². The zero-order valence-electron chi connectivity index (χ0n) is 27.3. The van der Waals surface area contributed by atoms with E-state index in [2.05, 4.69) is 93.5 Å². The van der Waals surface area contributed by atoms with E-state index in [1.54, 1.807) is 0 Å². The van der Waals surface area contributed by atoms with Crippen molar-refractivity contribution in [2.45, 2.75) is 133 Å². The van der Waals surface area contributed by atoms with Crippen LogP contribution in [0.1, 0.15) is 121 Å². The molecule has 0 aromatic heterocycles. The van der Waals surface area contributed by atoms with Crippen LogP contribution in [-0.4, -0.2) is 38.5 Å². The van der Waals surface area contributed by atoms with Crippen molar-refractivity contribution in [3.8, 4) is 0 Å². The fourth-order valence-electron chi connectivity index (χ4n) is 5.95. The highest BCUT2D eigenvalue weighted by Gasteiger charge is 2.39. The molecule has 222 valence electrons. The van der Waals surface area contributed by atoms with Crippen LogP contribution in [0.15, 0.2) is 46.4 Å². The van der Waals surface area contributed by atoms with Crippen molar-refractivity contribution in [2.75, 3.05) is 0 Å². The van der Waals surface area contributed by atoms with Gasteiger partial charge in [-0.2, -0.15) is 0 Å². The fraction of sp³-hybridized carbons (Fsp3) is 0.706. The summed E-state index contributed by atoms with van der Waals surface area (Å²) >= 11 is 0. The van der Waals surface area contributed by atoms with Crippen molar-refractivity contribution in [2.24, 2.45) is 22.7 Å². The third kappa shape index (κ3) is 10.1. The maximum atomic E-state index is 12.5. The van der Waals surface area contributed by atoms with Crippen molar-refractivity contribution in [3.05, 3.63) is 46.4 Å². The molecule has 4 unspecified atom stereocenters. The fourth-order valence-corrected chi connectivity index (χ4v) is 5.95. The number of ether oxygens (including phenoxy) is 2. The average molecular weight is 550 g/mol. The number of cyclic esters (lactones) is 2. The van der Waals surface area contributed by atoms with E-state index in [4.69, 9.17) is 9.47 Å². The van der Waals surface area contributed by atoms with Crippen LogP contribution in [0.4, 0.5) is 0 Å². The van der Waals surface area contributed by atoms with Crippen LogP contribution in [0.5, 0.6) is 0 Å². The van der Waals surface area contributed by atoms with Crippen LogP contribution >= 0.6 is 0 Å². The Balaban J connectivity index is 1.89. The van der Waals surface area contributed by atoms with Gasteiger partial charge in [-0.05, 0) is 61.5 Å². The molecule has 4 nitrogen and oxygen atoms in total. The van der Waals surface area contributed by atoms with Crippen LogP contribution in [0.2, 0.25) is 0 Å². The Kier molecular flexibility index (Phi) is 13.1. The first-order valence-corrected chi connectivity index (χ1v) is 15.9. The van der Waals surface area contributed by atoms with Gasteiger partial charge in [0.25, 0.3) is 0 Å². The van der Waals surface area contributed by atoms with E-state index in [9.17, 15) is 9.59 Å². The van der Waals surface area contributed by atoms with Gasteiger partial charge in [-0.25, -0.2) is 0 Å². The van der Waals surface area contributed by atoms with Crippen LogP contribution in [-0.2, 0) is 19.1 Å². The number of hydrogen-bond donors (Lipinski definition) is 0. The van der Waals surface area contributed by atoms with E-state index in [0.717, 1.165) is 65.9 Å². The molecule has 40 heavy (non-hydrogen) atoms. The summed E-state index contributed by atoms with van der Waals surface area (Å²) in [6, 6.07) is -0.0192. The molecule has 0 radical (unpaired) electrons. The largest absolute Gasteiger partial charge is 0.471 e. The maximum absolute atomic E-state index is 12.5. The SMILES string of the molecule is CCC(C)(CC)CC1CC(B/C(C)=C/C=C(C)/C(C)=C/C=C(\C)BC2CC(CC(C)(CC)CC)C(=O)O2)OC1=O. The Morgan fingerprint density at radius 3 is 1.30 bits per heavy atom. The zero-order valence-corrected chi connectivity index (χ0v) is 27.3. The van der Waals surface area contributed by atoms with Gasteiger partial charge >= 0.3 is 11.9 Å². The van der Waals surface area contributed by atoms with Gasteiger partial charge in [0.15, 0.2) is 0 Å². The molecule has 2 aliphatic heterocycles.